The predicted molar refractivity (Wildman–Crippen MR) is 82.3 cm³/mol. The van der Waals surface area contributed by atoms with Gasteiger partial charge in [-0.3, -0.25) is 0 Å². The van der Waals surface area contributed by atoms with E-state index < -0.39 is 5.60 Å². The Morgan fingerprint density at radius 1 is 1.25 bits per heavy atom. The third kappa shape index (κ3) is 4.50. The minimum absolute atomic E-state index is 0.453. The van der Waals surface area contributed by atoms with Gasteiger partial charge in [-0.25, -0.2) is 0 Å². The molecule has 0 bridgehead atoms. The molecule has 0 atom stereocenters. The summed E-state index contributed by atoms with van der Waals surface area (Å²) in [6, 6.07) is 6.33. The van der Waals surface area contributed by atoms with Crippen molar-refractivity contribution in [3.05, 3.63) is 29.3 Å². The number of hydrogen-bond acceptors (Lipinski definition) is 3. The van der Waals surface area contributed by atoms with Crippen LogP contribution < -0.4 is 4.74 Å². The summed E-state index contributed by atoms with van der Waals surface area (Å²) in [5, 5.41) is 9.92. The van der Waals surface area contributed by atoms with Gasteiger partial charge in [0.15, 0.2) is 0 Å². The number of aryl methyl sites for hydroxylation is 2. The zero-order valence-electron chi connectivity index (χ0n) is 13.0. The van der Waals surface area contributed by atoms with Gasteiger partial charge in [0.2, 0.25) is 0 Å². The maximum absolute atomic E-state index is 9.92. The van der Waals surface area contributed by atoms with Gasteiger partial charge in [0, 0.05) is 19.6 Å². The highest BCUT2D eigenvalue weighted by Gasteiger charge is 2.26. The Morgan fingerprint density at radius 2 is 1.95 bits per heavy atom. The number of ether oxygens (including phenoxy) is 1. The van der Waals surface area contributed by atoms with E-state index in [1.807, 2.05) is 6.92 Å². The van der Waals surface area contributed by atoms with Crippen LogP contribution in [0.1, 0.15) is 37.3 Å². The standard InChI is InChI=1S/C17H27NO2/c1-14-5-6-15(2)16(13-14)20-12-4-9-18-10-7-17(3,19)8-11-18/h5-6,13,19H,4,7-12H2,1-3H3. The summed E-state index contributed by atoms with van der Waals surface area (Å²) < 4.78 is 5.87. The number of aliphatic hydroxyl groups is 1. The highest BCUT2D eigenvalue weighted by molar-refractivity contribution is 5.35. The first-order valence-corrected chi connectivity index (χ1v) is 7.61. The average molecular weight is 277 g/mol. The maximum atomic E-state index is 9.92. The molecule has 1 aliphatic rings. The van der Waals surface area contributed by atoms with Crippen LogP contribution in [0.25, 0.3) is 0 Å². The summed E-state index contributed by atoms with van der Waals surface area (Å²) in [5.41, 5.74) is 1.99. The molecule has 0 saturated carbocycles. The smallest absolute Gasteiger partial charge is 0.122 e. The normalized spacial score (nSPS) is 19.0. The fraction of sp³-hybridized carbons (Fsp3) is 0.647. The molecule has 1 aromatic rings. The van der Waals surface area contributed by atoms with E-state index in [0.29, 0.717) is 0 Å². The van der Waals surface area contributed by atoms with E-state index in [2.05, 4.69) is 36.9 Å². The molecule has 1 fully saturated rings. The second kappa shape index (κ2) is 6.59. The van der Waals surface area contributed by atoms with Crippen LogP contribution in [-0.2, 0) is 0 Å². The van der Waals surface area contributed by atoms with Crippen molar-refractivity contribution < 1.29 is 9.84 Å². The molecular formula is C17H27NO2. The van der Waals surface area contributed by atoms with Crippen LogP contribution in [0, 0.1) is 13.8 Å². The van der Waals surface area contributed by atoms with Gasteiger partial charge in [0.25, 0.3) is 0 Å². The summed E-state index contributed by atoms with van der Waals surface area (Å²) in [6.07, 6.45) is 2.80. The highest BCUT2D eigenvalue weighted by Crippen LogP contribution is 2.21. The number of hydrogen-bond donors (Lipinski definition) is 1. The molecule has 1 heterocycles. The van der Waals surface area contributed by atoms with Crippen molar-refractivity contribution in [2.75, 3.05) is 26.2 Å². The summed E-state index contributed by atoms with van der Waals surface area (Å²) in [7, 11) is 0. The number of piperidine rings is 1. The van der Waals surface area contributed by atoms with E-state index in [1.165, 1.54) is 11.1 Å². The Labute approximate surface area is 122 Å². The summed E-state index contributed by atoms with van der Waals surface area (Å²) >= 11 is 0. The molecule has 1 N–H and O–H groups in total. The van der Waals surface area contributed by atoms with E-state index in [0.717, 1.165) is 51.3 Å². The van der Waals surface area contributed by atoms with E-state index in [1.54, 1.807) is 0 Å². The van der Waals surface area contributed by atoms with Gasteiger partial charge in [-0.05, 0) is 57.2 Å². The molecule has 1 aliphatic heterocycles. The van der Waals surface area contributed by atoms with Gasteiger partial charge in [-0.15, -0.1) is 0 Å². The van der Waals surface area contributed by atoms with Gasteiger partial charge in [-0.1, -0.05) is 12.1 Å². The number of rotatable bonds is 5. The Morgan fingerprint density at radius 3 is 2.65 bits per heavy atom. The summed E-state index contributed by atoms with van der Waals surface area (Å²) in [5.74, 6) is 1.01. The summed E-state index contributed by atoms with van der Waals surface area (Å²) in [6.45, 7) is 9.92. The van der Waals surface area contributed by atoms with Crippen molar-refractivity contribution in [1.29, 1.82) is 0 Å². The van der Waals surface area contributed by atoms with E-state index in [4.69, 9.17) is 4.74 Å². The van der Waals surface area contributed by atoms with Crippen molar-refractivity contribution in [2.45, 2.75) is 45.6 Å². The van der Waals surface area contributed by atoms with Gasteiger partial charge in [0.1, 0.15) is 5.75 Å². The number of likely N-dealkylation sites (tertiary alicyclic amines) is 1. The van der Waals surface area contributed by atoms with Crippen LogP contribution in [0.15, 0.2) is 18.2 Å². The monoisotopic (exact) mass is 277 g/mol. The number of benzene rings is 1. The molecule has 3 nitrogen and oxygen atoms in total. The van der Waals surface area contributed by atoms with E-state index in [9.17, 15) is 5.11 Å². The lowest BCUT2D eigenvalue weighted by atomic mass is 9.94. The Bertz CT molecular complexity index is 433. The van der Waals surface area contributed by atoms with Crippen LogP contribution in [0.5, 0.6) is 5.75 Å². The second-order valence-electron chi connectivity index (χ2n) is 6.31. The van der Waals surface area contributed by atoms with Crippen molar-refractivity contribution in [3.8, 4) is 5.75 Å². The Hall–Kier alpha value is -1.06. The topological polar surface area (TPSA) is 32.7 Å². The lowest BCUT2D eigenvalue weighted by molar-refractivity contribution is -0.00603. The van der Waals surface area contributed by atoms with Crippen LogP contribution in [0.3, 0.4) is 0 Å². The SMILES string of the molecule is Cc1ccc(C)c(OCCCN2CCC(C)(O)CC2)c1. The third-order valence-corrected chi connectivity index (χ3v) is 4.15. The van der Waals surface area contributed by atoms with Gasteiger partial charge in [-0.2, -0.15) is 0 Å². The average Bonchev–Trinajstić information content (AvgIpc) is 2.40. The quantitative estimate of drug-likeness (QED) is 0.840. The molecule has 3 heteroatoms. The third-order valence-electron chi connectivity index (χ3n) is 4.15. The molecule has 0 spiro atoms. The fourth-order valence-corrected chi connectivity index (χ4v) is 2.59. The van der Waals surface area contributed by atoms with Gasteiger partial charge < -0.3 is 14.7 Å². The first-order valence-electron chi connectivity index (χ1n) is 7.61. The van der Waals surface area contributed by atoms with Gasteiger partial charge in [0.05, 0.1) is 12.2 Å². The van der Waals surface area contributed by atoms with Gasteiger partial charge >= 0.3 is 0 Å². The molecule has 2 rings (SSSR count). The number of nitrogens with zero attached hydrogens (tertiary/aromatic N) is 1. The highest BCUT2D eigenvalue weighted by atomic mass is 16.5. The largest absolute Gasteiger partial charge is 0.493 e. The van der Waals surface area contributed by atoms with Crippen molar-refractivity contribution >= 4 is 0 Å². The predicted octanol–water partition coefficient (Wildman–Crippen LogP) is 2.92. The Balaban J connectivity index is 1.68. The van der Waals surface area contributed by atoms with Crippen LogP contribution >= 0.6 is 0 Å². The molecule has 0 radical (unpaired) electrons. The lowest BCUT2D eigenvalue weighted by Gasteiger charge is -2.35. The molecule has 112 valence electrons. The van der Waals surface area contributed by atoms with Crippen LogP contribution in [-0.4, -0.2) is 41.8 Å². The molecular weight excluding hydrogens is 250 g/mol. The minimum atomic E-state index is -0.453. The molecule has 0 unspecified atom stereocenters. The molecule has 1 saturated heterocycles. The van der Waals surface area contributed by atoms with Crippen LogP contribution in [0.2, 0.25) is 0 Å². The molecule has 0 aromatic heterocycles. The van der Waals surface area contributed by atoms with Crippen molar-refractivity contribution in [3.63, 3.8) is 0 Å². The first kappa shape index (κ1) is 15.3. The zero-order valence-corrected chi connectivity index (χ0v) is 13.0. The molecule has 0 amide bonds. The molecule has 0 aliphatic carbocycles. The first-order chi connectivity index (χ1) is 9.46. The fourth-order valence-electron chi connectivity index (χ4n) is 2.59. The lowest BCUT2D eigenvalue weighted by Crippen LogP contribution is -2.42. The summed E-state index contributed by atoms with van der Waals surface area (Å²) in [4.78, 5) is 2.42. The van der Waals surface area contributed by atoms with Crippen molar-refractivity contribution in [2.24, 2.45) is 0 Å². The van der Waals surface area contributed by atoms with Crippen molar-refractivity contribution in [1.82, 2.24) is 4.90 Å². The molecule has 1 aromatic carbocycles. The maximum Gasteiger partial charge on any atom is 0.122 e. The zero-order chi connectivity index (χ0) is 14.6. The Kier molecular flexibility index (Phi) is 5.06. The van der Waals surface area contributed by atoms with Crippen LogP contribution in [0.4, 0.5) is 0 Å². The second-order valence-corrected chi connectivity index (χ2v) is 6.31. The van der Waals surface area contributed by atoms with E-state index in [-0.39, 0.29) is 0 Å². The minimum Gasteiger partial charge on any atom is -0.493 e. The van der Waals surface area contributed by atoms with E-state index >= 15 is 0 Å². The molecule has 20 heavy (non-hydrogen) atoms.